The highest BCUT2D eigenvalue weighted by atomic mass is 16.5. The van der Waals surface area contributed by atoms with Crippen LogP contribution in [0.3, 0.4) is 0 Å². The smallest absolute Gasteiger partial charge is 0.151 e. The van der Waals surface area contributed by atoms with Gasteiger partial charge in [0.05, 0.1) is 6.61 Å². The molecule has 1 aromatic rings. The van der Waals surface area contributed by atoms with E-state index in [-0.39, 0.29) is 5.60 Å². The summed E-state index contributed by atoms with van der Waals surface area (Å²) in [5, 5.41) is 0. The number of hydrogen-bond donors (Lipinski definition) is 0. The average Bonchev–Trinajstić information content (AvgIpc) is 2.37. The molecular formula is C15H18O2. The Morgan fingerprint density at radius 1 is 1.47 bits per heavy atom. The van der Waals surface area contributed by atoms with E-state index in [1.54, 1.807) is 13.2 Å². The third kappa shape index (κ3) is 2.59. The zero-order chi connectivity index (χ0) is 12.1. The highest BCUT2D eigenvalue weighted by Gasteiger charge is 2.33. The monoisotopic (exact) mass is 230 g/mol. The fourth-order valence-corrected chi connectivity index (χ4v) is 2.18. The predicted molar refractivity (Wildman–Crippen MR) is 69.3 cm³/mol. The first-order valence-electron chi connectivity index (χ1n) is 5.86. The fraction of sp³-hybridized carbons (Fsp3) is 0.333. The molecule has 0 N–H and O–H groups in total. The SMILES string of the molecule is C=C/C=C/[C@]1(COC)CCc2ccccc2O1. The molecule has 1 heterocycles. The molecule has 1 aromatic carbocycles. The maximum atomic E-state index is 6.10. The number of rotatable bonds is 4. The number of hydrogen-bond acceptors (Lipinski definition) is 2. The van der Waals surface area contributed by atoms with Gasteiger partial charge in [-0.3, -0.25) is 0 Å². The quantitative estimate of drug-likeness (QED) is 0.740. The molecule has 0 saturated carbocycles. The molecule has 0 fully saturated rings. The summed E-state index contributed by atoms with van der Waals surface area (Å²) in [5.74, 6) is 0.963. The van der Waals surface area contributed by atoms with Crippen molar-refractivity contribution in [1.82, 2.24) is 0 Å². The first kappa shape index (κ1) is 11.9. The van der Waals surface area contributed by atoms with E-state index in [2.05, 4.69) is 12.6 Å². The molecule has 1 aliphatic rings. The molecule has 0 amide bonds. The van der Waals surface area contributed by atoms with Crippen LogP contribution >= 0.6 is 0 Å². The molecule has 1 aliphatic heterocycles. The molecule has 2 rings (SSSR count). The summed E-state index contributed by atoms with van der Waals surface area (Å²) in [7, 11) is 1.70. The van der Waals surface area contributed by atoms with Crippen molar-refractivity contribution in [3.05, 3.63) is 54.6 Å². The van der Waals surface area contributed by atoms with Crippen molar-refractivity contribution in [2.45, 2.75) is 18.4 Å². The van der Waals surface area contributed by atoms with E-state index in [4.69, 9.17) is 9.47 Å². The summed E-state index contributed by atoms with van der Waals surface area (Å²) in [6, 6.07) is 8.17. The van der Waals surface area contributed by atoms with Crippen LogP contribution in [0, 0.1) is 0 Å². The summed E-state index contributed by atoms with van der Waals surface area (Å²) in [6.45, 7) is 4.26. The Morgan fingerprint density at radius 3 is 3.06 bits per heavy atom. The molecule has 2 nitrogen and oxygen atoms in total. The highest BCUT2D eigenvalue weighted by molar-refractivity contribution is 5.37. The molecule has 0 saturated heterocycles. The van der Waals surface area contributed by atoms with Gasteiger partial charge >= 0.3 is 0 Å². The molecule has 1 atom stereocenters. The van der Waals surface area contributed by atoms with Crippen LogP contribution in [0.15, 0.2) is 49.1 Å². The van der Waals surface area contributed by atoms with Gasteiger partial charge in [-0.25, -0.2) is 0 Å². The van der Waals surface area contributed by atoms with Crippen LogP contribution in [-0.2, 0) is 11.2 Å². The predicted octanol–water partition coefficient (Wildman–Crippen LogP) is 3.14. The maximum Gasteiger partial charge on any atom is 0.151 e. The normalized spacial score (nSPS) is 23.1. The van der Waals surface area contributed by atoms with E-state index in [0.29, 0.717) is 6.61 Å². The van der Waals surface area contributed by atoms with Crippen LogP contribution in [0.25, 0.3) is 0 Å². The third-order valence-electron chi connectivity index (χ3n) is 3.03. The Hall–Kier alpha value is -1.54. The number of methoxy groups -OCH3 is 1. The highest BCUT2D eigenvalue weighted by Crippen LogP contribution is 2.34. The fourth-order valence-electron chi connectivity index (χ4n) is 2.18. The second-order valence-electron chi connectivity index (χ2n) is 4.30. The lowest BCUT2D eigenvalue weighted by molar-refractivity contribution is 0.0114. The molecule has 0 bridgehead atoms. The van der Waals surface area contributed by atoms with Crippen molar-refractivity contribution in [2.24, 2.45) is 0 Å². The van der Waals surface area contributed by atoms with Gasteiger partial charge in [-0.1, -0.05) is 36.9 Å². The molecule has 0 spiro atoms. The van der Waals surface area contributed by atoms with Crippen molar-refractivity contribution >= 4 is 0 Å². The maximum absolute atomic E-state index is 6.10. The Kier molecular flexibility index (Phi) is 3.64. The zero-order valence-electron chi connectivity index (χ0n) is 10.2. The molecule has 0 radical (unpaired) electrons. The Balaban J connectivity index is 2.26. The van der Waals surface area contributed by atoms with E-state index in [9.17, 15) is 0 Å². The lowest BCUT2D eigenvalue weighted by Gasteiger charge is -2.36. The van der Waals surface area contributed by atoms with Gasteiger partial charge in [0.1, 0.15) is 5.75 Å². The molecule has 90 valence electrons. The van der Waals surface area contributed by atoms with Crippen molar-refractivity contribution in [1.29, 1.82) is 0 Å². The summed E-state index contributed by atoms with van der Waals surface area (Å²) in [4.78, 5) is 0. The van der Waals surface area contributed by atoms with Crippen LogP contribution in [-0.4, -0.2) is 19.3 Å². The average molecular weight is 230 g/mol. The van der Waals surface area contributed by atoms with Crippen molar-refractivity contribution < 1.29 is 9.47 Å². The Morgan fingerprint density at radius 2 is 2.29 bits per heavy atom. The van der Waals surface area contributed by atoms with Gasteiger partial charge in [0.2, 0.25) is 0 Å². The van der Waals surface area contributed by atoms with Crippen molar-refractivity contribution in [2.75, 3.05) is 13.7 Å². The second kappa shape index (κ2) is 5.19. The Bertz CT molecular complexity index is 423. The molecule has 17 heavy (non-hydrogen) atoms. The topological polar surface area (TPSA) is 18.5 Å². The van der Waals surface area contributed by atoms with Crippen molar-refractivity contribution in [3.8, 4) is 5.75 Å². The van der Waals surface area contributed by atoms with E-state index < -0.39 is 0 Å². The Labute approximate surface area is 103 Å². The minimum Gasteiger partial charge on any atom is -0.480 e. The van der Waals surface area contributed by atoms with E-state index in [0.717, 1.165) is 18.6 Å². The van der Waals surface area contributed by atoms with Gasteiger partial charge in [0.15, 0.2) is 5.60 Å². The van der Waals surface area contributed by atoms with E-state index in [1.165, 1.54) is 5.56 Å². The number of fused-ring (bicyclic) bond motifs is 1. The summed E-state index contributed by atoms with van der Waals surface area (Å²) < 4.78 is 11.4. The minimum absolute atomic E-state index is 0.350. The van der Waals surface area contributed by atoms with Crippen LogP contribution in [0.5, 0.6) is 5.75 Å². The first-order valence-corrected chi connectivity index (χ1v) is 5.86. The largest absolute Gasteiger partial charge is 0.480 e. The van der Waals surface area contributed by atoms with Crippen LogP contribution in [0.2, 0.25) is 0 Å². The number of aryl methyl sites for hydroxylation is 1. The summed E-state index contributed by atoms with van der Waals surface area (Å²) in [5.41, 5.74) is 0.920. The number of para-hydroxylation sites is 1. The van der Waals surface area contributed by atoms with Crippen LogP contribution < -0.4 is 4.74 Å². The van der Waals surface area contributed by atoms with Gasteiger partial charge in [0.25, 0.3) is 0 Å². The number of allylic oxidation sites excluding steroid dienone is 2. The lowest BCUT2D eigenvalue weighted by atomic mass is 9.91. The van der Waals surface area contributed by atoms with Gasteiger partial charge in [-0.15, -0.1) is 0 Å². The molecular weight excluding hydrogens is 212 g/mol. The molecule has 0 aliphatic carbocycles. The first-order chi connectivity index (χ1) is 8.29. The molecule has 2 heteroatoms. The molecule has 0 unspecified atom stereocenters. The van der Waals surface area contributed by atoms with Gasteiger partial charge in [-0.2, -0.15) is 0 Å². The summed E-state index contributed by atoms with van der Waals surface area (Å²) in [6.07, 6.45) is 7.68. The number of ether oxygens (including phenoxy) is 2. The molecule has 0 aromatic heterocycles. The van der Waals surface area contributed by atoms with Crippen molar-refractivity contribution in [3.63, 3.8) is 0 Å². The van der Waals surface area contributed by atoms with Gasteiger partial charge < -0.3 is 9.47 Å². The second-order valence-corrected chi connectivity index (χ2v) is 4.30. The van der Waals surface area contributed by atoms with Gasteiger partial charge in [0, 0.05) is 7.11 Å². The standard InChI is InChI=1S/C15H18O2/c1-3-4-10-15(12-16-2)11-9-13-7-5-6-8-14(13)17-15/h3-8,10H,1,9,11-12H2,2H3/b10-4+/t15-/m1/s1. The van der Waals surface area contributed by atoms with Crippen LogP contribution in [0.4, 0.5) is 0 Å². The van der Waals surface area contributed by atoms with Crippen LogP contribution in [0.1, 0.15) is 12.0 Å². The van der Waals surface area contributed by atoms with E-state index >= 15 is 0 Å². The summed E-state index contributed by atoms with van der Waals surface area (Å²) >= 11 is 0. The third-order valence-corrected chi connectivity index (χ3v) is 3.03. The van der Waals surface area contributed by atoms with Gasteiger partial charge in [-0.05, 0) is 30.5 Å². The zero-order valence-corrected chi connectivity index (χ0v) is 10.2. The lowest BCUT2D eigenvalue weighted by Crippen LogP contribution is -2.41. The number of benzene rings is 1. The minimum atomic E-state index is -0.350. The van der Waals surface area contributed by atoms with E-state index in [1.807, 2.05) is 30.4 Å².